The molecule has 6 atom stereocenters. The van der Waals surface area contributed by atoms with E-state index in [9.17, 15) is 25.2 Å². The van der Waals surface area contributed by atoms with Crippen molar-refractivity contribution >= 4 is 5.97 Å². The number of carbonyl (C=O) groups is 1. The summed E-state index contributed by atoms with van der Waals surface area (Å²) in [6.45, 7) is 4.55. The second-order valence-electron chi connectivity index (χ2n) is 18.3. The Hall–Kier alpha value is -1.85. The van der Waals surface area contributed by atoms with Gasteiger partial charge in [-0.1, -0.05) is 197 Å². The normalized spacial score (nSPS) is 19.9. The molecule has 1 aliphatic heterocycles. The van der Waals surface area contributed by atoms with Crippen molar-refractivity contribution in [1.29, 1.82) is 0 Å². The molecule has 0 saturated carbocycles. The van der Waals surface area contributed by atoms with E-state index in [-0.39, 0.29) is 19.2 Å². The molecule has 4 N–H and O–H groups in total. The number of carbonyl (C=O) groups excluding carboxylic acids is 1. The molecule has 0 spiro atoms. The van der Waals surface area contributed by atoms with Gasteiger partial charge < -0.3 is 39.4 Å². The molecule has 1 aliphatic rings. The fourth-order valence-corrected chi connectivity index (χ4v) is 8.02. The lowest BCUT2D eigenvalue weighted by Crippen LogP contribution is -2.59. The standard InChI is InChI=1S/C55H100O9/c1-3-5-7-9-11-13-15-17-19-21-23-24-25-26-27-28-30-32-34-36-38-40-42-44-51(57)63-49(48-62-55-54(60)53(59)52(58)50(46-56)64-55)47-61-45-43-41-39-37-35-33-31-29-22-20-18-16-14-12-10-8-6-4-2/h15,17-18,20-21,23,25-26,49-50,52-56,58-60H,3-14,16,19,22,24,27-48H2,1-2H3/b17-15-,20-18-,23-21-,26-25-. The average Bonchev–Trinajstić information content (AvgIpc) is 3.30. The Labute approximate surface area is 392 Å². The van der Waals surface area contributed by atoms with Crippen LogP contribution < -0.4 is 0 Å². The van der Waals surface area contributed by atoms with E-state index >= 15 is 0 Å². The van der Waals surface area contributed by atoms with Crippen molar-refractivity contribution < 1.29 is 44.2 Å². The van der Waals surface area contributed by atoms with Crippen molar-refractivity contribution in [3.05, 3.63) is 48.6 Å². The Kier molecular flexibility index (Phi) is 43.5. The Balaban J connectivity index is 2.20. The van der Waals surface area contributed by atoms with Gasteiger partial charge in [0.25, 0.3) is 0 Å². The Morgan fingerprint density at radius 2 is 0.906 bits per heavy atom. The minimum Gasteiger partial charge on any atom is -0.457 e. The van der Waals surface area contributed by atoms with Crippen molar-refractivity contribution in [2.45, 2.75) is 269 Å². The van der Waals surface area contributed by atoms with Crippen molar-refractivity contribution in [3.63, 3.8) is 0 Å². The van der Waals surface area contributed by atoms with Gasteiger partial charge in [0.15, 0.2) is 6.29 Å². The number of rotatable bonds is 46. The van der Waals surface area contributed by atoms with Crippen LogP contribution in [0, 0.1) is 0 Å². The van der Waals surface area contributed by atoms with E-state index in [1.165, 1.54) is 161 Å². The van der Waals surface area contributed by atoms with Crippen LogP contribution in [0.1, 0.15) is 232 Å². The number of aliphatic hydroxyl groups excluding tert-OH is 4. The molecule has 0 bridgehead atoms. The highest BCUT2D eigenvalue weighted by molar-refractivity contribution is 5.69. The average molecular weight is 905 g/mol. The van der Waals surface area contributed by atoms with E-state index in [1.807, 2.05) is 0 Å². The third-order valence-electron chi connectivity index (χ3n) is 12.2. The van der Waals surface area contributed by atoms with Gasteiger partial charge in [-0.15, -0.1) is 0 Å². The number of ether oxygens (including phenoxy) is 4. The highest BCUT2D eigenvalue weighted by atomic mass is 16.7. The van der Waals surface area contributed by atoms with Gasteiger partial charge in [0, 0.05) is 13.0 Å². The van der Waals surface area contributed by atoms with Gasteiger partial charge >= 0.3 is 5.97 Å². The molecule has 0 amide bonds. The first-order chi connectivity index (χ1) is 31.4. The van der Waals surface area contributed by atoms with Gasteiger partial charge in [-0.3, -0.25) is 4.79 Å². The fourth-order valence-electron chi connectivity index (χ4n) is 8.02. The predicted molar refractivity (Wildman–Crippen MR) is 265 cm³/mol. The van der Waals surface area contributed by atoms with Crippen molar-refractivity contribution in [2.24, 2.45) is 0 Å². The summed E-state index contributed by atoms with van der Waals surface area (Å²) < 4.78 is 22.9. The predicted octanol–water partition coefficient (Wildman–Crippen LogP) is 13.3. The van der Waals surface area contributed by atoms with Gasteiger partial charge in [0.05, 0.1) is 19.8 Å². The SMILES string of the molecule is CCCCCCC/C=C\C/C=C\C/C=C\CCCCCCCCCCC(=O)OC(COCCCCCCCCCC/C=C\CCCCCCCC)COC1OC(CO)C(O)C(O)C1O. The maximum absolute atomic E-state index is 12.9. The highest BCUT2D eigenvalue weighted by Crippen LogP contribution is 2.23. The third-order valence-corrected chi connectivity index (χ3v) is 12.2. The van der Waals surface area contributed by atoms with Gasteiger partial charge in [0.2, 0.25) is 0 Å². The van der Waals surface area contributed by atoms with E-state index in [0.717, 1.165) is 51.4 Å². The van der Waals surface area contributed by atoms with Gasteiger partial charge in [-0.2, -0.15) is 0 Å². The fraction of sp³-hybridized carbons (Fsp3) is 0.836. The minimum absolute atomic E-state index is 0.118. The summed E-state index contributed by atoms with van der Waals surface area (Å²) in [7, 11) is 0. The summed E-state index contributed by atoms with van der Waals surface area (Å²) >= 11 is 0. The molecule has 0 aromatic heterocycles. The Morgan fingerprint density at radius 3 is 1.38 bits per heavy atom. The van der Waals surface area contributed by atoms with Crippen LogP contribution in [0.15, 0.2) is 48.6 Å². The van der Waals surface area contributed by atoms with E-state index in [2.05, 4.69) is 62.5 Å². The van der Waals surface area contributed by atoms with Crippen LogP contribution in [0.5, 0.6) is 0 Å². The van der Waals surface area contributed by atoms with Crippen LogP contribution in [0.25, 0.3) is 0 Å². The molecule has 1 saturated heterocycles. The number of hydrogen-bond donors (Lipinski definition) is 4. The molecular weight excluding hydrogens is 805 g/mol. The molecule has 0 aliphatic carbocycles. The summed E-state index contributed by atoms with van der Waals surface area (Å²) in [5.41, 5.74) is 0. The van der Waals surface area contributed by atoms with Crippen LogP contribution >= 0.6 is 0 Å². The molecular formula is C55H100O9. The summed E-state index contributed by atoms with van der Waals surface area (Å²) in [6, 6.07) is 0. The second-order valence-corrected chi connectivity index (χ2v) is 18.3. The number of unbranched alkanes of at least 4 members (excludes halogenated alkanes) is 27. The van der Waals surface area contributed by atoms with Gasteiger partial charge in [-0.05, 0) is 77.0 Å². The zero-order valence-electron chi connectivity index (χ0n) is 41.3. The molecule has 374 valence electrons. The van der Waals surface area contributed by atoms with Gasteiger partial charge in [0.1, 0.15) is 30.5 Å². The monoisotopic (exact) mass is 905 g/mol. The van der Waals surface area contributed by atoms with Crippen LogP contribution in [0.4, 0.5) is 0 Å². The summed E-state index contributed by atoms with van der Waals surface area (Å²) in [6.07, 6.45) is 51.4. The molecule has 0 aromatic rings. The van der Waals surface area contributed by atoms with Crippen molar-refractivity contribution in [3.8, 4) is 0 Å². The van der Waals surface area contributed by atoms with Crippen LogP contribution in [-0.2, 0) is 23.7 Å². The Morgan fingerprint density at radius 1 is 0.500 bits per heavy atom. The maximum atomic E-state index is 12.9. The quantitative estimate of drug-likeness (QED) is 0.0267. The molecule has 1 rings (SSSR count). The molecule has 0 aromatic carbocycles. The maximum Gasteiger partial charge on any atom is 0.306 e. The number of hydrogen-bond acceptors (Lipinski definition) is 9. The molecule has 64 heavy (non-hydrogen) atoms. The third kappa shape index (κ3) is 36.3. The molecule has 9 nitrogen and oxygen atoms in total. The van der Waals surface area contributed by atoms with E-state index in [0.29, 0.717) is 13.0 Å². The first kappa shape index (κ1) is 60.2. The molecule has 1 fully saturated rings. The lowest BCUT2D eigenvalue weighted by atomic mass is 9.99. The van der Waals surface area contributed by atoms with Crippen LogP contribution in [-0.4, -0.2) is 89.6 Å². The number of aliphatic hydroxyl groups is 4. The second kappa shape index (κ2) is 46.3. The zero-order valence-corrected chi connectivity index (χ0v) is 41.3. The Bertz CT molecular complexity index is 1120. The lowest BCUT2D eigenvalue weighted by molar-refractivity contribution is -0.305. The van der Waals surface area contributed by atoms with E-state index < -0.39 is 43.4 Å². The summed E-state index contributed by atoms with van der Waals surface area (Å²) in [4.78, 5) is 12.9. The van der Waals surface area contributed by atoms with Crippen LogP contribution in [0.2, 0.25) is 0 Å². The van der Waals surface area contributed by atoms with Crippen molar-refractivity contribution in [2.75, 3.05) is 26.4 Å². The topological polar surface area (TPSA) is 135 Å². The van der Waals surface area contributed by atoms with Crippen LogP contribution in [0.3, 0.4) is 0 Å². The highest BCUT2D eigenvalue weighted by Gasteiger charge is 2.44. The molecule has 6 unspecified atom stereocenters. The molecule has 0 radical (unpaired) electrons. The van der Waals surface area contributed by atoms with E-state index in [1.54, 1.807) is 0 Å². The largest absolute Gasteiger partial charge is 0.457 e. The van der Waals surface area contributed by atoms with E-state index in [4.69, 9.17) is 18.9 Å². The summed E-state index contributed by atoms with van der Waals surface area (Å²) in [5.74, 6) is -0.320. The first-order valence-electron chi connectivity index (χ1n) is 26.7. The number of allylic oxidation sites excluding steroid dienone is 8. The minimum atomic E-state index is -1.54. The lowest BCUT2D eigenvalue weighted by Gasteiger charge is -2.39. The molecule has 1 heterocycles. The zero-order chi connectivity index (χ0) is 46.4. The smallest absolute Gasteiger partial charge is 0.306 e. The van der Waals surface area contributed by atoms with Crippen molar-refractivity contribution in [1.82, 2.24) is 0 Å². The molecule has 9 heteroatoms. The number of esters is 1. The van der Waals surface area contributed by atoms with Gasteiger partial charge in [-0.25, -0.2) is 0 Å². The first-order valence-corrected chi connectivity index (χ1v) is 26.7. The summed E-state index contributed by atoms with van der Waals surface area (Å²) in [5, 5.41) is 40.3.